The van der Waals surface area contributed by atoms with E-state index in [2.05, 4.69) is 5.32 Å². The lowest BCUT2D eigenvalue weighted by Crippen LogP contribution is -2.22. The molecule has 1 N–H and O–H groups in total. The summed E-state index contributed by atoms with van der Waals surface area (Å²) in [4.78, 5) is 12.3. The lowest BCUT2D eigenvalue weighted by molar-refractivity contribution is 0.0950. The first kappa shape index (κ1) is 17.1. The molecule has 0 radical (unpaired) electrons. The normalized spacial score (nSPS) is 10.3. The molecule has 1 amide bonds. The Hall–Kier alpha value is -2.78. The quantitative estimate of drug-likeness (QED) is 0.689. The number of nitrogens with one attached hydrogen (secondary N) is 1. The van der Waals surface area contributed by atoms with Crippen LogP contribution in [0.5, 0.6) is 5.75 Å². The maximum absolute atomic E-state index is 12.3. The minimum absolute atomic E-state index is 0.162. The van der Waals surface area contributed by atoms with Crippen molar-refractivity contribution in [2.24, 2.45) is 0 Å². The molecular weight excluding hydrogens is 334 g/mol. The fraction of sp³-hybridized carbons (Fsp3) is 0.0952. The Bertz CT molecular complexity index is 849. The van der Waals surface area contributed by atoms with Crippen molar-refractivity contribution >= 4 is 17.5 Å². The van der Waals surface area contributed by atoms with E-state index in [0.29, 0.717) is 29.5 Å². The molecule has 3 aromatic rings. The van der Waals surface area contributed by atoms with Crippen molar-refractivity contribution in [3.63, 3.8) is 0 Å². The third-order valence-electron chi connectivity index (χ3n) is 3.74. The molecule has 4 heteroatoms. The van der Waals surface area contributed by atoms with Gasteiger partial charge in [-0.15, -0.1) is 0 Å². The number of ether oxygens (including phenoxy) is 1. The Kier molecular flexibility index (Phi) is 5.70. The Labute approximate surface area is 152 Å². The fourth-order valence-corrected chi connectivity index (χ4v) is 2.59. The topological polar surface area (TPSA) is 38.3 Å². The number of hydrogen-bond donors (Lipinski definition) is 1. The predicted molar refractivity (Wildman–Crippen MR) is 99.8 cm³/mol. The van der Waals surface area contributed by atoms with Gasteiger partial charge in [-0.3, -0.25) is 4.79 Å². The zero-order valence-corrected chi connectivity index (χ0v) is 14.4. The molecule has 0 unspecified atom stereocenters. The van der Waals surface area contributed by atoms with Crippen LogP contribution < -0.4 is 10.1 Å². The molecule has 0 fully saturated rings. The van der Waals surface area contributed by atoms with E-state index in [1.807, 2.05) is 60.7 Å². The molecule has 0 spiro atoms. The molecule has 0 aliphatic rings. The number of hydrogen-bond acceptors (Lipinski definition) is 2. The highest BCUT2D eigenvalue weighted by molar-refractivity contribution is 6.31. The van der Waals surface area contributed by atoms with Crippen molar-refractivity contribution in [3.8, 4) is 5.75 Å². The van der Waals surface area contributed by atoms with Crippen molar-refractivity contribution < 1.29 is 9.53 Å². The number of rotatable bonds is 6. The third-order valence-corrected chi connectivity index (χ3v) is 4.11. The van der Waals surface area contributed by atoms with Gasteiger partial charge in [0.15, 0.2) is 0 Å². The second-order valence-corrected chi connectivity index (χ2v) is 5.98. The van der Waals surface area contributed by atoms with Crippen LogP contribution in [0.4, 0.5) is 0 Å². The van der Waals surface area contributed by atoms with Crippen LogP contribution in [-0.4, -0.2) is 5.91 Å². The van der Waals surface area contributed by atoms with Gasteiger partial charge in [-0.2, -0.15) is 0 Å². The van der Waals surface area contributed by atoms with E-state index in [0.717, 1.165) is 11.1 Å². The van der Waals surface area contributed by atoms with Gasteiger partial charge in [-0.25, -0.2) is 0 Å². The van der Waals surface area contributed by atoms with Crippen LogP contribution in [0.25, 0.3) is 0 Å². The number of halogens is 1. The summed E-state index contributed by atoms with van der Waals surface area (Å²) in [5.41, 5.74) is 2.52. The van der Waals surface area contributed by atoms with E-state index in [1.165, 1.54) is 0 Å². The predicted octanol–water partition coefficient (Wildman–Crippen LogP) is 4.85. The molecule has 0 saturated carbocycles. The van der Waals surface area contributed by atoms with Gasteiger partial charge in [0.25, 0.3) is 5.91 Å². The Balaban J connectivity index is 1.60. The molecule has 25 heavy (non-hydrogen) atoms. The summed E-state index contributed by atoms with van der Waals surface area (Å²) in [6.07, 6.45) is 0. The summed E-state index contributed by atoms with van der Waals surface area (Å²) < 4.78 is 5.76. The minimum atomic E-state index is -0.162. The van der Waals surface area contributed by atoms with Crippen molar-refractivity contribution in [2.75, 3.05) is 0 Å². The van der Waals surface area contributed by atoms with Crippen molar-refractivity contribution in [3.05, 3.63) is 101 Å². The number of amides is 1. The second-order valence-electron chi connectivity index (χ2n) is 5.58. The first-order valence-electron chi connectivity index (χ1n) is 8.01. The van der Waals surface area contributed by atoms with Crippen LogP contribution in [0, 0.1) is 0 Å². The standard InChI is InChI=1S/C21H18ClNO2/c22-20-12-5-4-9-18(20)14-23-21(24)17-10-6-11-19(13-17)25-15-16-7-2-1-3-8-16/h1-13H,14-15H2,(H,23,24). The van der Waals surface area contributed by atoms with Gasteiger partial charge in [0.2, 0.25) is 0 Å². The lowest BCUT2D eigenvalue weighted by atomic mass is 10.2. The molecule has 0 aromatic heterocycles. The molecule has 3 rings (SSSR count). The first-order chi connectivity index (χ1) is 12.2. The maximum Gasteiger partial charge on any atom is 0.251 e. The lowest BCUT2D eigenvalue weighted by Gasteiger charge is -2.09. The Morgan fingerprint density at radius 2 is 1.68 bits per heavy atom. The molecule has 126 valence electrons. The summed E-state index contributed by atoms with van der Waals surface area (Å²) in [5.74, 6) is 0.499. The van der Waals surface area contributed by atoms with Crippen LogP contribution in [0.3, 0.4) is 0 Å². The van der Waals surface area contributed by atoms with Gasteiger partial charge in [-0.1, -0.05) is 66.2 Å². The molecule has 0 saturated heterocycles. The Morgan fingerprint density at radius 1 is 0.920 bits per heavy atom. The number of carbonyl (C=O) groups excluding carboxylic acids is 1. The molecular formula is C21H18ClNO2. The largest absolute Gasteiger partial charge is 0.489 e. The molecule has 0 heterocycles. The molecule has 3 aromatic carbocycles. The van der Waals surface area contributed by atoms with Crippen LogP contribution in [0.1, 0.15) is 21.5 Å². The summed E-state index contributed by atoms with van der Waals surface area (Å²) in [6, 6.07) is 24.5. The number of carbonyl (C=O) groups is 1. The van der Waals surface area contributed by atoms with Crippen LogP contribution in [0.2, 0.25) is 5.02 Å². The first-order valence-corrected chi connectivity index (χ1v) is 8.38. The second kappa shape index (κ2) is 8.36. The van der Waals surface area contributed by atoms with Gasteiger partial charge in [0.05, 0.1) is 0 Å². The summed E-state index contributed by atoms with van der Waals surface area (Å²) in [5, 5.41) is 3.52. The van der Waals surface area contributed by atoms with E-state index in [1.54, 1.807) is 18.2 Å². The average Bonchev–Trinajstić information content (AvgIpc) is 2.66. The molecule has 0 bridgehead atoms. The average molecular weight is 352 g/mol. The van der Waals surface area contributed by atoms with Gasteiger partial charge >= 0.3 is 0 Å². The molecule has 0 aliphatic heterocycles. The zero-order valence-electron chi connectivity index (χ0n) is 13.6. The summed E-state index contributed by atoms with van der Waals surface area (Å²) >= 11 is 6.11. The van der Waals surface area contributed by atoms with Crippen LogP contribution >= 0.6 is 11.6 Å². The van der Waals surface area contributed by atoms with Gasteiger partial charge in [0, 0.05) is 17.1 Å². The third kappa shape index (κ3) is 4.85. The van der Waals surface area contributed by atoms with E-state index < -0.39 is 0 Å². The maximum atomic E-state index is 12.3. The zero-order chi connectivity index (χ0) is 17.5. The fourth-order valence-electron chi connectivity index (χ4n) is 2.39. The highest BCUT2D eigenvalue weighted by atomic mass is 35.5. The van der Waals surface area contributed by atoms with Crippen LogP contribution in [0.15, 0.2) is 78.9 Å². The van der Waals surface area contributed by atoms with Gasteiger partial charge < -0.3 is 10.1 Å². The minimum Gasteiger partial charge on any atom is -0.489 e. The van der Waals surface area contributed by atoms with Gasteiger partial charge in [-0.05, 0) is 35.4 Å². The Morgan fingerprint density at radius 3 is 2.48 bits per heavy atom. The number of benzene rings is 3. The molecule has 0 aliphatic carbocycles. The van der Waals surface area contributed by atoms with Crippen molar-refractivity contribution in [1.82, 2.24) is 5.32 Å². The van der Waals surface area contributed by atoms with E-state index in [9.17, 15) is 4.79 Å². The summed E-state index contributed by atoms with van der Waals surface area (Å²) in [7, 11) is 0. The van der Waals surface area contributed by atoms with Crippen LogP contribution in [-0.2, 0) is 13.2 Å². The van der Waals surface area contributed by atoms with E-state index >= 15 is 0 Å². The van der Waals surface area contributed by atoms with E-state index in [4.69, 9.17) is 16.3 Å². The monoisotopic (exact) mass is 351 g/mol. The smallest absolute Gasteiger partial charge is 0.251 e. The SMILES string of the molecule is O=C(NCc1ccccc1Cl)c1cccc(OCc2ccccc2)c1. The molecule has 3 nitrogen and oxygen atoms in total. The van der Waals surface area contributed by atoms with Crippen molar-refractivity contribution in [2.45, 2.75) is 13.2 Å². The highest BCUT2D eigenvalue weighted by Crippen LogP contribution is 2.17. The van der Waals surface area contributed by atoms with Gasteiger partial charge in [0.1, 0.15) is 12.4 Å². The molecule has 0 atom stereocenters. The summed E-state index contributed by atoms with van der Waals surface area (Å²) in [6.45, 7) is 0.846. The van der Waals surface area contributed by atoms with E-state index in [-0.39, 0.29) is 5.91 Å². The highest BCUT2D eigenvalue weighted by Gasteiger charge is 2.08. The van der Waals surface area contributed by atoms with Crippen molar-refractivity contribution in [1.29, 1.82) is 0 Å².